The second-order valence-electron chi connectivity index (χ2n) is 7.39. The average molecular weight is 479 g/mol. The fourth-order valence-electron chi connectivity index (χ4n) is 3.43. The van der Waals surface area contributed by atoms with Crippen LogP contribution in [0.3, 0.4) is 0 Å². The first-order valence-corrected chi connectivity index (χ1v) is 11.3. The molecule has 4 aromatic rings. The van der Waals surface area contributed by atoms with Crippen molar-refractivity contribution in [1.82, 2.24) is 14.3 Å². The van der Waals surface area contributed by atoms with Crippen molar-refractivity contribution >= 4 is 51.7 Å². The van der Waals surface area contributed by atoms with E-state index >= 15 is 0 Å². The Balaban J connectivity index is 1.55. The number of thiocarbonyl (C=S) groups is 1. The summed E-state index contributed by atoms with van der Waals surface area (Å²) in [6, 6.07) is 10.8. The lowest BCUT2D eigenvalue weighted by Crippen LogP contribution is -2.27. The molecule has 0 radical (unpaired) electrons. The number of anilines is 1. The quantitative estimate of drug-likeness (QED) is 0.326. The van der Waals surface area contributed by atoms with E-state index < -0.39 is 0 Å². The standard InChI is InChI=1S/C23H18N4O4S2/c1-14-6-7-19-25-20(24-11-15-4-2-8-30-15)17(21(28)26(19)12-14)10-18-22(29)27(23(32)33-18)13-16-5-3-9-31-16/h2-10,12,24H,11,13H2,1H3. The zero-order chi connectivity index (χ0) is 22.9. The van der Waals surface area contributed by atoms with Crippen LogP contribution >= 0.6 is 24.0 Å². The molecule has 1 aliphatic heterocycles. The van der Waals surface area contributed by atoms with E-state index in [1.165, 1.54) is 9.30 Å². The van der Waals surface area contributed by atoms with Gasteiger partial charge in [-0.05, 0) is 48.9 Å². The molecule has 0 atom stereocenters. The topological polar surface area (TPSA) is 93.0 Å². The van der Waals surface area contributed by atoms with Gasteiger partial charge in [0.1, 0.15) is 27.3 Å². The first kappa shape index (κ1) is 21.2. The lowest BCUT2D eigenvalue weighted by molar-refractivity contribution is -0.122. The van der Waals surface area contributed by atoms with Gasteiger partial charge in [0.25, 0.3) is 11.5 Å². The molecular formula is C23H18N4O4S2. The van der Waals surface area contributed by atoms with E-state index in [1.807, 2.05) is 19.1 Å². The van der Waals surface area contributed by atoms with Gasteiger partial charge in [0.15, 0.2) is 0 Å². The van der Waals surface area contributed by atoms with Gasteiger partial charge in [0.05, 0.1) is 36.1 Å². The van der Waals surface area contributed by atoms with Crippen LogP contribution in [0.1, 0.15) is 22.6 Å². The summed E-state index contributed by atoms with van der Waals surface area (Å²) in [6.45, 7) is 2.46. The smallest absolute Gasteiger partial charge is 0.267 e. The Morgan fingerprint density at radius 2 is 1.88 bits per heavy atom. The number of aryl methyl sites for hydroxylation is 1. The SMILES string of the molecule is Cc1ccc2nc(NCc3ccco3)c(C=C3SC(=S)N(Cc4ccco4)C3=O)c(=O)n2c1. The summed E-state index contributed by atoms with van der Waals surface area (Å²) < 4.78 is 12.6. The normalized spacial score (nSPS) is 15.2. The second kappa shape index (κ2) is 8.72. The Kier molecular flexibility index (Phi) is 5.61. The maximum atomic E-state index is 13.4. The van der Waals surface area contributed by atoms with Gasteiger partial charge in [-0.1, -0.05) is 30.0 Å². The predicted octanol–water partition coefficient (Wildman–Crippen LogP) is 4.20. The minimum absolute atomic E-state index is 0.229. The third kappa shape index (κ3) is 4.22. The first-order valence-electron chi connectivity index (χ1n) is 10.1. The molecular weight excluding hydrogens is 460 g/mol. The van der Waals surface area contributed by atoms with E-state index in [2.05, 4.69) is 10.3 Å². The third-order valence-corrected chi connectivity index (χ3v) is 6.44. The van der Waals surface area contributed by atoms with Crippen molar-refractivity contribution in [3.63, 3.8) is 0 Å². The molecule has 5 heterocycles. The van der Waals surface area contributed by atoms with Crippen LogP contribution in [-0.4, -0.2) is 24.5 Å². The number of nitrogens with zero attached hydrogens (tertiary/aromatic N) is 3. The fraction of sp³-hybridized carbons (Fsp3) is 0.130. The van der Waals surface area contributed by atoms with Crippen LogP contribution in [0, 0.1) is 6.92 Å². The molecule has 4 aromatic heterocycles. The molecule has 1 saturated heterocycles. The average Bonchev–Trinajstić information content (AvgIpc) is 3.55. The van der Waals surface area contributed by atoms with Crippen molar-refractivity contribution in [2.24, 2.45) is 0 Å². The number of rotatable bonds is 6. The third-order valence-electron chi connectivity index (χ3n) is 5.06. The molecule has 0 bridgehead atoms. The number of amides is 1. The molecule has 10 heteroatoms. The molecule has 1 fully saturated rings. The minimum atomic E-state index is -0.290. The maximum absolute atomic E-state index is 13.4. The molecule has 0 saturated carbocycles. The molecule has 166 valence electrons. The number of thioether (sulfide) groups is 1. The van der Waals surface area contributed by atoms with Crippen molar-refractivity contribution in [3.8, 4) is 0 Å². The highest BCUT2D eigenvalue weighted by molar-refractivity contribution is 8.26. The highest BCUT2D eigenvalue weighted by Crippen LogP contribution is 2.34. The Hall–Kier alpha value is -3.63. The van der Waals surface area contributed by atoms with E-state index in [0.717, 1.165) is 17.3 Å². The van der Waals surface area contributed by atoms with Gasteiger partial charge in [-0.25, -0.2) is 4.98 Å². The van der Waals surface area contributed by atoms with E-state index in [1.54, 1.807) is 49.1 Å². The minimum Gasteiger partial charge on any atom is -0.467 e. The summed E-state index contributed by atoms with van der Waals surface area (Å²) in [5.74, 6) is 1.39. The zero-order valence-electron chi connectivity index (χ0n) is 17.5. The van der Waals surface area contributed by atoms with Crippen LogP contribution in [0.5, 0.6) is 0 Å². The van der Waals surface area contributed by atoms with Crippen molar-refractivity contribution < 1.29 is 13.6 Å². The van der Waals surface area contributed by atoms with Crippen molar-refractivity contribution in [2.75, 3.05) is 5.32 Å². The van der Waals surface area contributed by atoms with Crippen LogP contribution in [0.25, 0.3) is 11.7 Å². The number of furan rings is 2. The largest absolute Gasteiger partial charge is 0.467 e. The molecule has 0 aliphatic carbocycles. The van der Waals surface area contributed by atoms with E-state index in [9.17, 15) is 9.59 Å². The van der Waals surface area contributed by atoms with Crippen molar-refractivity contribution in [1.29, 1.82) is 0 Å². The molecule has 33 heavy (non-hydrogen) atoms. The highest BCUT2D eigenvalue weighted by Gasteiger charge is 2.33. The van der Waals surface area contributed by atoms with Gasteiger partial charge in [-0.15, -0.1) is 0 Å². The van der Waals surface area contributed by atoms with Crippen LogP contribution < -0.4 is 10.9 Å². The zero-order valence-corrected chi connectivity index (χ0v) is 19.1. The van der Waals surface area contributed by atoms with Gasteiger partial charge < -0.3 is 14.2 Å². The predicted molar refractivity (Wildman–Crippen MR) is 130 cm³/mol. The number of hydrogen-bond donors (Lipinski definition) is 1. The molecule has 1 aliphatic rings. The molecule has 1 amide bonds. The van der Waals surface area contributed by atoms with E-state index in [4.69, 9.17) is 21.1 Å². The summed E-state index contributed by atoms with van der Waals surface area (Å²) in [4.78, 5) is 32.9. The second-order valence-corrected chi connectivity index (χ2v) is 9.07. The van der Waals surface area contributed by atoms with E-state index in [0.29, 0.717) is 38.8 Å². The maximum Gasteiger partial charge on any atom is 0.267 e. The van der Waals surface area contributed by atoms with Gasteiger partial charge in [-0.3, -0.25) is 18.9 Å². The number of fused-ring (bicyclic) bond motifs is 1. The van der Waals surface area contributed by atoms with Crippen molar-refractivity contribution in [2.45, 2.75) is 20.0 Å². The number of hydrogen-bond acceptors (Lipinski definition) is 8. The monoisotopic (exact) mass is 478 g/mol. The van der Waals surface area contributed by atoms with Gasteiger partial charge in [0.2, 0.25) is 0 Å². The lowest BCUT2D eigenvalue weighted by atomic mass is 10.2. The molecule has 0 spiro atoms. The Morgan fingerprint density at radius 3 is 2.61 bits per heavy atom. The Morgan fingerprint density at radius 1 is 1.12 bits per heavy atom. The number of nitrogens with one attached hydrogen (secondary N) is 1. The van der Waals surface area contributed by atoms with Gasteiger partial charge in [0, 0.05) is 6.20 Å². The number of pyridine rings is 1. The van der Waals surface area contributed by atoms with Gasteiger partial charge in [-0.2, -0.15) is 0 Å². The summed E-state index contributed by atoms with van der Waals surface area (Å²) >= 11 is 6.55. The van der Waals surface area contributed by atoms with E-state index in [-0.39, 0.29) is 23.6 Å². The summed E-state index contributed by atoms with van der Waals surface area (Å²) in [7, 11) is 0. The Bertz CT molecular complexity index is 1440. The lowest BCUT2D eigenvalue weighted by Gasteiger charge is -2.12. The van der Waals surface area contributed by atoms with Crippen molar-refractivity contribution in [3.05, 3.63) is 93.0 Å². The summed E-state index contributed by atoms with van der Waals surface area (Å²) in [6.07, 6.45) is 6.40. The first-order chi connectivity index (χ1) is 16.0. The number of carbonyl (C=O) groups is 1. The van der Waals surface area contributed by atoms with Crippen LogP contribution in [0.15, 0.2) is 73.7 Å². The molecule has 5 rings (SSSR count). The van der Waals surface area contributed by atoms with Crippen LogP contribution in [-0.2, 0) is 17.9 Å². The molecule has 0 unspecified atom stereocenters. The Labute approximate surface area is 197 Å². The number of carbonyl (C=O) groups excluding carboxylic acids is 1. The molecule has 1 N–H and O–H groups in total. The molecule has 8 nitrogen and oxygen atoms in total. The van der Waals surface area contributed by atoms with Gasteiger partial charge >= 0.3 is 0 Å². The van der Waals surface area contributed by atoms with Crippen LogP contribution in [0.2, 0.25) is 0 Å². The highest BCUT2D eigenvalue weighted by atomic mass is 32.2. The van der Waals surface area contributed by atoms with Crippen LogP contribution in [0.4, 0.5) is 5.82 Å². The summed E-state index contributed by atoms with van der Waals surface area (Å²) in [5.41, 5.74) is 1.39. The fourth-order valence-corrected chi connectivity index (χ4v) is 4.67. The number of aromatic nitrogens is 2. The summed E-state index contributed by atoms with van der Waals surface area (Å²) in [5, 5.41) is 3.17. The molecule has 0 aromatic carbocycles.